The van der Waals surface area contributed by atoms with Crippen LogP contribution >= 0.6 is 55.0 Å². The molecule has 0 saturated carbocycles. The second-order valence-corrected chi connectivity index (χ2v) is 9.87. The predicted molar refractivity (Wildman–Crippen MR) is 120 cm³/mol. The number of aromatic nitrogens is 1. The number of para-hydroxylation sites is 1. The van der Waals surface area contributed by atoms with Crippen molar-refractivity contribution in [2.45, 2.75) is 9.24 Å². The van der Waals surface area contributed by atoms with Gasteiger partial charge in [-0.1, -0.05) is 55.8 Å². The molecule has 0 bridgehead atoms. The summed E-state index contributed by atoms with van der Waals surface area (Å²) in [5, 5.41) is 2.92. The van der Waals surface area contributed by atoms with Crippen molar-refractivity contribution >= 4 is 76.8 Å². The Morgan fingerprint density at radius 2 is 1.67 bits per heavy atom. The van der Waals surface area contributed by atoms with Crippen molar-refractivity contribution in [1.82, 2.24) is 4.98 Å². The molecule has 1 amide bonds. The molecule has 134 valence electrons. The van der Waals surface area contributed by atoms with E-state index in [2.05, 4.69) is 48.2 Å². The van der Waals surface area contributed by atoms with Crippen molar-refractivity contribution in [3.8, 4) is 0 Å². The summed E-state index contributed by atoms with van der Waals surface area (Å²) in [5.74, 6) is -0.149. The molecule has 0 saturated heterocycles. The molecule has 1 N–H and O–H groups in total. The Morgan fingerprint density at radius 3 is 2.37 bits per heavy atom. The van der Waals surface area contributed by atoms with Gasteiger partial charge >= 0.3 is 0 Å². The highest BCUT2D eigenvalue weighted by molar-refractivity contribution is 9.11. The molecule has 3 nitrogen and oxygen atoms in total. The number of carbonyl (C=O) groups excluding carboxylic acids is 1. The normalized spacial score (nSPS) is 10.9. The highest BCUT2D eigenvalue weighted by atomic mass is 79.9. The largest absolute Gasteiger partial charge is 0.322 e. The van der Waals surface area contributed by atoms with E-state index >= 15 is 0 Å². The standard InChI is InChI=1S/C20H12Br2N2OS2/c21-13-9-12(10-14(22)11-13)19(25)23-15-5-7-16(8-6-15)26-20-24-17-3-1-2-4-18(17)27-20/h1-11H,(H,23,25). The molecule has 0 aliphatic heterocycles. The fourth-order valence-electron chi connectivity index (χ4n) is 2.49. The monoisotopic (exact) mass is 518 g/mol. The van der Waals surface area contributed by atoms with Crippen LogP contribution < -0.4 is 5.32 Å². The number of fused-ring (bicyclic) bond motifs is 1. The molecule has 0 fully saturated rings. The molecule has 1 heterocycles. The molecule has 0 spiro atoms. The van der Waals surface area contributed by atoms with E-state index in [0.29, 0.717) is 5.56 Å². The first-order chi connectivity index (χ1) is 13.1. The smallest absolute Gasteiger partial charge is 0.255 e. The van der Waals surface area contributed by atoms with Gasteiger partial charge < -0.3 is 5.32 Å². The summed E-state index contributed by atoms with van der Waals surface area (Å²) >= 11 is 10.1. The lowest BCUT2D eigenvalue weighted by Crippen LogP contribution is -2.11. The summed E-state index contributed by atoms with van der Waals surface area (Å²) in [6.45, 7) is 0. The number of anilines is 1. The van der Waals surface area contributed by atoms with E-state index in [1.807, 2.05) is 48.5 Å². The van der Waals surface area contributed by atoms with Crippen LogP contribution in [0.1, 0.15) is 10.4 Å². The maximum absolute atomic E-state index is 12.4. The molecule has 0 aliphatic carbocycles. The number of carbonyl (C=O) groups is 1. The zero-order valence-electron chi connectivity index (χ0n) is 13.8. The van der Waals surface area contributed by atoms with Crippen LogP contribution in [0.5, 0.6) is 0 Å². The fraction of sp³-hybridized carbons (Fsp3) is 0. The fourth-order valence-corrected chi connectivity index (χ4v) is 5.82. The number of benzene rings is 3. The Bertz CT molecular complexity index is 1070. The molecular weight excluding hydrogens is 508 g/mol. The lowest BCUT2D eigenvalue weighted by atomic mass is 10.2. The Kier molecular flexibility index (Phi) is 5.63. The predicted octanol–water partition coefficient (Wildman–Crippen LogP) is 7.22. The van der Waals surface area contributed by atoms with Gasteiger partial charge in [-0.15, -0.1) is 11.3 Å². The van der Waals surface area contributed by atoms with E-state index < -0.39 is 0 Å². The van der Waals surface area contributed by atoms with Crippen molar-refractivity contribution in [3.63, 3.8) is 0 Å². The zero-order valence-corrected chi connectivity index (χ0v) is 18.6. The van der Waals surface area contributed by atoms with Gasteiger partial charge in [0.1, 0.15) is 0 Å². The molecule has 0 radical (unpaired) electrons. The highest BCUT2D eigenvalue weighted by Gasteiger charge is 2.09. The van der Waals surface area contributed by atoms with Crippen molar-refractivity contribution in [2.24, 2.45) is 0 Å². The van der Waals surface area contributed by atoms with Crippen molar-refractivity contribution < 1.29 is 4.79 Å². The van der Waals surface area contributed by atoms with Gasteiger partial charge in [-0.3, -0.25) is 4.79 Å². The summed E-state index contributed by atoms with van der Waals surface area (Å²) < 4.78 is 3.89. The molecule has 1 aromatic heterocycles. The maximum Gasteiger partial charge on any atom is 0.255 e. The molecule has 4 aromatic rings. The summed E-state index contributed by atoms with van der Waals surface area (Å²) in [7, 11) is 0. The van der Waals surface area contributed by atoms with Crippen LogP contribution in [-0.4, -0.2) is 10.9 Å². The minimum absolute atomic E-state index is 0.149. The number of halogens is 2. The van der Waals surface area contributed by atoms with Crippen molar-refractivity contribution in [2.75, 3.05) is 5.32 Å². The Labute approximate surface area is 181 Å². The minimum atomic E-state index is -0.149. The van der Waals surface area contributed by atoms with Crippen LogP contribution in [-0.2, 0) is 0 Å². The Hall–Kier alpha value is -1.67. The summed E-state index contributed by atoms with van der Waals surface area (Å²) in [6, 6.07) is 21.4. The third-order valence-electron chi connectivity index (χ3n) is 3.72. The molecular formula is C20H12Br2N2OS2. The molecule has 0 unspecified atom stereocenters. The molecule has 0 atom stereocenters. The van der Waals surface area contributed by atoms with E-state index in [9.17, 15) is 4.79 Å². The second-order valence-electron chi connectivity index (χ2n) is 5.69. The number of nitrogens with zero attached hydrogens (tertiary/aromatic N) is 1. The van der Waals surface area contributed by atoms with Gasteiger partial charge in [0.15, 0.2) is 4.34 Å². The molecule has 4 rings (SSSR count). The average Bonchev–Trinajstić information content (AvgIpc) is 3.05. The van der Waals surface area contributed by atoms with E-state index in [0.717, 1.165) is 29.4 Å². The molecule has 0 aliphatic rings. The quantitative estimate of drug-likeness (QED) is 0.309. The average molecular weight is 520 g/mol. The Balaban J connectivity index is 1.46. The Morgan fingerprint density at radius 1 is 0.963 bits per heavy atom. The summed E-state index contributed by atoms with van der Waals surface area (Å²) in [4.78, 5) is 18.1. The van der Waals surface area contributed by atoms with Crippen LogP contribution in [0.2, 0.25) is 0 Å². The maximum atomic E-state index is 12.4. The van der Waals surface area contributed by atoms with Crippen molar-refractivity contribution in [3.05, 3.63) is 81.2 Å². The number of thiazole rings is 1. The first-order valence-electron chi connectivity index (χ1n) is 7.98. The second kappa shape index (κ2) is 8.14. The van der Waals surface area contributed by atoms with Crippen LogP contribution in [0.4, 0.5) is 5.69 Å². The summed E-state index contributed by atoms with van der Waals surface area (Å²) in [6.07, 6.45) is 0. The van der Waals surface area contributed by atoms with Gasteiger partial charge in [-0.2, -0.15) is 0 Å². The van der Waals surface area contributed by atoms with Gasteiger partial charge in [-0.05, 0) is 54.6 Å². The summed E-state index contributed by atoms with van der Waals surface area (Å²) in [5.41, 5.74) is 2.36. The first kappa shape index (κ1) is 18.7. The molecule has 7 heteroatoms. The van der Waals surface area contributed by atoms with Crippen molar-refractivity contribution in [1.29, 1.82) is 0 Å². The van der Waals surface area contributed by atoms with Gasteiger partial charge in [0.25, 0.3) is 5.91 Å². The van der Waals surface area contributed by atoms with E-state index in [-0.39, 0.29) is 5.91 Å². The SMILES string of the molecule is O=C(Nc1ccc(Sc2nc3ccccc3s2)cc1)c1cc(Br)cc(Br)c1. The zero-order chi connectivity index (χ0) is 18.8. The first-order valence-corrected chi connectivity index (χ1v) is 11.2. The van der Waals surface area contributed by atoms with Gasteiger partial charge in [0, 0.05) is 25.1 Å². The van der Waals surface area contributed by atoms with Gasteiger partial charge in [0.2, 0.25) is 0 Å². The van der Waals surface area contributed by atoms with Crippen LogP contribution in [0.25, 0.3) is 10.2 Å². The number of rotatable bonds is 4. The third-order valence-corrected chi connectivity index (χ3v) is 6.74. The topological polar surface area (TPSA) is 42.0 Å². The lowest BCUT2D eigenvalue weighted by molar-refractivity contribution is 0.102. The minimum Gasteiger partial charge on any atom is -0.322 e. The number of hydrogen-bond donors (Lipinski definition) is 1. The van der Waals surface area contributed by atoms with Gasteiger partial charge in [-0.25, -0.2) is 4.98 Å². The number of amides is 1. The molecule has 3 aromatic carbocycles. The van der Waals surface area contributed by atoms with Crippen LogP contribution in [0.3, 0.4) is 0 Å². The molecule has 27 heavy (non-hydrogen) atoms. The highest BCUT2D eigenvalue weighted by Crippen LogP contribution is 2.34. The lowest BCUT2D eigenvalue weighted by Gasteiger charge is -2.07. The van der Waals surface area contributed by atoms with Crippen LogP contribution in [0, 0.1) is 0 Å². The van der Waals surface area contributed by atoms with E-state index in [4.69, 9.17) is 0 Å². The van der Waals surface area contributed by atoms with E-state index in [1.54, 1.807) is 35.2 Å². The van der Waals surface area contributed by atoms with Gasteiger partial charge in [0.05, 0.1) is 10.2 Å². The van der Waals surface area contributed by atoms with Crippen LogP contribution in [0.15, 0.2) is 84.9 Å². The number of hydrogen-bond acceptors (Lipinski definition) is 4. The van der Waals surface area contributed by atoms with E-state index in [1.165, 1.54) is 4.70 Å². The third kappa shape index (κ3) is 4.60. The number of nitrogens with one attached hydrogen (secondary N) is 1.